The monoisotopic (exact) mass is 311 g/mol. The summed E-state index contributed by atoms with van der Waals surface area (Å²) in [5.74, 6) is 1.92. The smallest absolute Gasteiger partial charge is 0.222 e. The van der Waals surface area contributed by atoms with Gasteiger partial charge in [-0.25, -0.2) is 4.98 Å². The van der Waals surface area contributed by atoms with Crippen LogP contribution in [0.2, 0.25) is 0 Å². The van der Waals surface area contributed by atoms with Crippen molar-refractivity contribution in [1.29, 1.82) is 0 Å². The van der Waals surface area contributed by atoms with Gasteiger partial charge in [0.25, 0.3) is 0 Å². The molecule has 1 aromatic carbocycles. The van der Waals surface area contributed by atoms with Gasteiger partial charge in [0, 0.05) is 31.4 Å². The summed E-state index contributed by atoms with van der Waals surface area (Å²) in [7, 11) is 0. The molecule has 1 saturated heterocycles. The molecule has 1 aromatic heterocycles. The van der Waals surface area contributed by atoms with Crippen LogP contribution in [0.25, 0.3) is 0 Å². The fraction of sp³-hybridized carbons (Fsp3) is 0.444. The Balaban J connectivity index is 1.42. The van der Waals surface area contributed by atoms with E-state index in [4.69, 9.17) is 5.73 Å². The van der Waals surface area contributed by atoms with Crippen LogP contribution in [-0.4, -0.2) is 34.5 Å². The number of rotatable bonds is 6. The molecule has 2 heterocycles. The zero-order valence-electron chi connectivity index (χ0n) is 13.7. The molecule has 0 spiro atoms. The fourth-order valence-corrected chi connectivity index (χ4v) is 3.22. The van der Waals surface area contributed by atoms with Crippen LogP contribution in [0, 0.1) is 12.8 Å². The van der Waals surface area contributed by atoms with Gasteiger partial charge in [0.05, 0.1) is 0 Å². The molecule has 0 aliphatic carbocycles. The van der Waals surface area contributed by atoms with Crippen LogP contribution >= 0.6 is 0 Å². The third kappa shape index (κ3) is 4.66. The van der Waals surface area contributed by atoms with E-state index in [0.717, 1.165) is 36.9 Å². The lowest BCUT2D eigenvalue weighted by molar-refractivity contribution is 0.314. The van der Waals surface area contributed by atoms with Crippen molar-refractivity contribution in [2.45, 2.75) is 26.3 Å². The molecule has 122 valence electrons. The number of nitrogens with two attached hydrogens (primary N) is 1. The first-order valence-electron chi connectivity index (χ1n) is 8.30. The standard InChI is InChI=1S/C18H25N5/c1-14-11-17(22-18(19)21-14)20-9-7-16-8-10-23(13-16)12-15-5-3-2-4-6-15/h2-6,11,16H,7-10,12-13H2,1H3,(H3,19,20,21,22)/t16-/m1/s1. The van der Waals surface area contributed by atoms with Gasteiger partial charge in [0.15, 0.2) is 0 Å². The maximum absolute atomic E-state index is 5.68. The molecule has 23 heavy (non-hydrogen) atoms. The van der Waals surface area contributed by atoms with E-state index in [9.17, 15) is 0 Å². The zero-order chi connectivity index (χ0) is 16.1. The van der Waals surface area contributed by atoms with Crippen LogP contribution in [-0.2, 0) is 6.54 Å². The lowest BCUT2D eigenvalue weighted by Gasteiger charge is -2.16. The summed E-state index contributed by atoms with van der Waals surface area (Å²) in [4.78, 5) is 10.9. The molecule has 0 radical (unpaired) electrons. The summed E-state index contributed by atoms with van der Waals surface area (Å²) in [5.41, 5.74) is 7.98. The molecule has 1 aliphatic heterocycles. The van der Waals surface area contributed by atoms with E-state index >= 15 is 0 Å². The minimum Gasteiger partial charge on any atom is -0.370 e. The zero-order valence-corrected chi connectivity index (χ0v) is 13.7. The summed E-state index contributed by atoms with van der Waals surface area (Å²) in [6.07, 6.45) is 2.44. The molecule has 1 aliphatic rings. The normalized spacial score (nSPS) is 18.2. The lowest BCUT2D eigenvalue weighted by atomic mass is 10.1. The second-order valence-corrected chi connectivity index (χ2v) is 6.34. The van der Waals surface area contributed by atoms with Gasteiger partial charge in [-0.2, -0.15) is 4.98 Å². The molecule has 2 aromatic rings. The van der Waals surface area contributed by atoms with E-state index in [2.05, 4.69) is 50.5 Å². The van der Waals surface area contributed by atoms with Crippen molar-refractivity contribution in [1.82, 2.24) is 14.9 Å². The van der Waals surface area contributed by atoms with Crippen molar-refractivity contribution in [2.24, 2.45) is 5.92 Å². The van der Waals surface area contributed by atoms with E-state index in [1.54, 1.807) is 0 Å². The molecule has 5 nitrogen and oxygen atoms in total. The van der Waals surface area contributed by atoms with Gasteiger partial charge in [0.1, 0.15) is 5.82 Å². The number of nitrogens with one attached hydrogen (secondary N) is 1. The quantitative estimate of drug-likeness (QED) is 0.858. The Kier molecular flexibility index (Phi) is 5.08. The van der Waals surface area contributed by atoms with Crippen LogP contribution in [0.3, 0.4) is 0 Å². The molecule has 3 N–H and O–H groups in total. The first-order valence-corrected chi connectivity index (χ1v) is 8.30. The lowest BCUT2D eigenvalue weighted by Crippen LogP contribution is -2.20. The van der Waals surface area contributed by atoms with Crippen molar-refractivity contribution < 1.29 is 0 Å². The number of nitrogen functional groups attached to an aromatic ring is 1. The first kappa shape index (κ1) is 15.7. The minimum atomic E-state index is 0.336. The molecular weight excluding hydrogens is 286 g/mol. The number of hydrogen-bond acceptors (Lipinski definition) is 5. The number of likely N-dealkylation sites (tertiary alicyclic amines) is 1. The number of aromatic nitrogens is 2. The van der Waals surface area contributed by atoms with Gasteiger partial charge in [-0.1, -0.05) is 30.3 Å². The molecule has 0 saturated carbocycles. The second-order valence-electron chi connectivity index (χ2n) is 6.34. The van der Waals surface area contributed by atoms with Gasteiger partial charge in [0.2, 0.25) is 5.95 Å². The third-order valence-corrected chi connectivity index (χ3v) is 4.35. The van der Waals surface area contributed by atoms with Crippen molar-refractivity contribution in [3.63, 3.8) is 0 Å². The van der Waals surface area contributed by atoms with Crippen molar-refractivity contribution in [3.05, 3.63) is 47.7 Å². The molecule has 5 heteroatoms. The Morgan fingerprint density at radius 2 is 2.09 bits per heavy atom. The van der Waals surface area contributed by atoms with E-state index in [1.807, 2.05) is 13.0 Å². The van der Waals surface area contributed by atoms with E-state index in [-0.39, 0.29) is 0 Å². The minimum absolute atomic E-state index is 0.336. The largest absolute Gasteiger partial charge is 0.370 e. The van der Waals surface area contributed by atoms with Crippen LogP contribution in [0.4, 0.5) is 11.8 Å². The molecule has 0 amide bonds. The van der Waals surface area contributed by atoms with E-state index in [0.29, 0.717) is 5.95 Å². The Bertz CT molecular complexity index is 608. The predicted octanol–water partition coefficient (Wildman–Crippen LogP) is 2.69. The summed E-state index contributed by atoms with van der Waals surface area (Å²) < 4.78 is 0. The van der Waals surface area contributed by atoms with Crippen molar-refractivity contribution in [3.8, 4) is 0 Å². The summed E-state index contributed by atoms with van der Waals surface area (Å²) in [6.45, 7) is 6.30. The van der Waals surface area contributed by atoms with Crippen molar-refractivity contribution in [2.75, 3.05) is 30.7 Å². The van der Waals surface area contributed by atoms with Gasteiger partial charge >= 0.3 is 0 Å². The molecule has 0 bridgehead atoms. The number of nitrogens with zero attached hydrogens (tertiary/aromatic N) is 3. The number of hydrogen-bond donors (Lipinski definition) is 2. The van der Waals surface area contributed by atoms with E-state index in [1.165, 1.54) is 25.1 Å². The second kappa shape index (κ2) is 7.42. The Labute approximate surface area is 137 Å². The highest BCUT2D eigenvalue weighted by molar-refractivity contribution is 5.40. The average Bonchev–Trinajstić information content (AvgIpc) is 2.95. The summed E-state index contributed by atoms with van der Waals surface area (Å²) in [5, 5.41) is 3.37. The van der Waals surface area contributed by atoms with Crippen LogP contribution < -0.4 is 11.1 Å². The molecule has 1 atom stereocenters. The highest BCUT2D eigenvalue weighted by atomic mass is 15.1. The van der Waals surface area contributed by atoms with Crippen molar-refractivity contribution >= 4 is 11.8 Å². The van der Waals surface area contributed by atoms with Gasteiger partial charge < -0.3 is 11.1 Å². The van der Waals surface area contributed by atoms with Gasteiger partial charge in [-0.05, 0) is 37.8 Å². The average molecular weight is 311 g/mol. The number of benzene rings is 1. The molecule has 1 fully saturated rings. The predicted molar refractivity (Wildman–Crippen MR) is 94.1 cm³/mol. The topological polar surface area (TPSA) is 67.1 Å². The Morgan fingerprint density at radius 3 is 2.87 bits per heavy atom. The summed E-state index contributed by atoms with van der Waals surface area (Å²) in [6, 6.07) is 12.6. The third-order valence-electron chi connectivity index (χ3n) is 4.35. The SMILES string of the molecule is Cc1cc(NCC[C@@H]2CCN(Cc3ccccc3)C2)nc(N)n1. The molecular formula is C18H25N5. The maximum atomic E-state index is 5.68. The van der Waals surface area contributed by atoms with Gasteiger partial charge in [-0.3, -0.25) is 4.90 Å². The fourth-order valence-electron chi connectivity index (χ4n) is 3.22. The van der Waals surface area contributed by atoms with E-state index < -0.39 is 0 Å². The molecule has 3 rings (SSSR count). The number of aryl methyl sites for hydroxylation is 1. The Morgan fingerprint density at radius 1 is 1.26 bits per heavy atom. The number of anilines is 2. The van der Waals surface area contributed by atoms with Crippen LogP contribution in [0.5, 0.6) is 0 Å². The molecule has 0 unspecified atom stereocenters. The highest BCUT2D eigenvalue weighted by Crippen LogP contribution is 2.21. The maximum Gasteiger partial charge on any atom is 0.222 e. The summed E-state index contributed by atoms with van der Waals surface area (Å²) >= 11 is 0. The van der Waals surface area contributed by atoms with Crippen LogP contribution in [0.1, 0.15) is 24.1 Å². The van der Waals surface area contributed by atoms with Gasteiger partial charge in [-0.15, -0.1) is 0 Å². The Hall–Kier alpha value is -2.14. The van der Waals surface area contributed by atoms with Crippen LogP contribution in [0.15, 0.2) is 36.4 Å². The first-order chi connectivity index (χ1) is 11.2. The highest BCUT2D eigenvalue weighted by Gasteiger charge is 2.21.